The number of carbonyl (C=O) groups is 1. The summed E-state index contributed by atoms with van der Waals surface area (Å²) in [6.07, 6.45) is 4.41. The van der Waals surface area contributed by atoms with Crippen molar-refractivity contribution in [3.8, 4) is 0 Å². The fraction of sp³-hybridized carbons (Fsp3) is 0.909. The number of rotatable bonds is 6. The lowest BCUT2D eigenvalue weighted by Gasteiger charge is -2.19. The van der Waals surface area contributed by atoms with E-state index in [1.54, 1.807) is 0 Å². The maximum absolute atomic E-state index is 10.9. The van der Waals surface area contributed by atoms with Crippen molar-refractivity contribution in [3.63, 3.8) is 0 Å². The topological polar surface area (TPSA) is 38.3 Å². The van der Waals surface area contributed by atoms with Gasteiger partial charge in [-0.25, -0.2) is 0 Å². The molecule has 1 rings (SSSR count). The number of carbonyl (C=O) groups excluding carboxylic acids is 1. The van der Waals surface area contributed by atoms with Gasteiger partial charge in [0.1, 0.15) is 0 Å². The summed E-state index contributed by atoms with van der Waals surface area (Å²) in [4.78, 5) is 10.9. The van der Waals surface area contributed by atoms with Crippen LogP contribution in [0.2, 0.25) is 0 Å². The molecule has 0 saturated heterocycles. The van der Waals surface area contributed by atoms with Gasteiger partial charge in [-0.15, -0.1) is 0 Å². The lowest BCUT2D eigenvalue weighted by atomic mass is 10.2. The minimum atomic E-state index is -0.0968. The average molecular weight is 231 g/mol. The number of ether oxygens (including phenoxy) is 1. The third-order valence-electron chi connectivity index (χ3n) is 2.78. The van der Waals surface area contributed by atoms with Crippen molar-refractivity contribution in [2.24, 2.45) is 0 Å². The first-order chi connectivity index (χ1) is 7.27. The van der Waals surface area contributed by atoms with Crippen LogP contribution in [-0.4, -0.2) is 36.7 Å². The summed E-state index contributed by atoms with van der Waals surface area (Å²) in [5.74, 6) is 0.791. The van der Waals surface area contributed by atoms with E-state index >= 15 is 0 Å². The Bertz CT molecular complexity index is 199. The number of thioether (sulfide) groups is 1. The van der Waals surface area contributed by atoms with E-state index in [9.17, 15) is 4.79 Å². The van der Waals surface area contributed by atoms with Crippen molar-refractivity contribution in [1.82, 2.24) is 5.32 Å². The average Bonchev–Trinajstić information content (AvgIpc) is 2.66. The second kappa shape index (κ2) is 7.12. The molecule has 0 radical (unpaired) electrons. The number of nitrogens with one attached hydrogen (secondary N) is 1. The Labute approximate surface area is 96.3 Å². The van der Waals surface area contributed by atoms with Crippen molar-refractivity contribution in [3.05, 3.63) is 0 Å². The first-order valence-electron chi connectivity index (χ1n) is 5.69. The lowest BCUT2D eigenvalue weighted by Crippen LogP contribution is -2.34. The molecule has 0 bridgehead atoms. The standard InChI is InChI=1S/C11H21NO2S/c1-3-12-9-5-4-6-10(9)15-8-7-11(13)14-2/h9-10,12H,3-8H2,1-2H3. The number of esters is 1. The van der Waals surface area contributed by atoms with Crippen LogP contribution in [-0.2, 0) is 9.53 Å². The fourth-order valence-corrected chi connectivity index (χ4v) is 3.40. The van der Waals surface area contributed by atoms with Crippen molar-refractivity contribution >= 4 is 17.7 Å². The summed E-state index contributed by atoms with van der Waals surface area (Å²) in [7, 11) is 1.45. The molecule has 1 saturated carbocycles. The second-order valence-corrected chi connectivity index (χ2v) is 5.18. The molecule has 1 aliphatic carbocycles. The van der Waals surface area contributed by atoms with Crippen LogP contribution >= 0.6 is 11.8 Å². The Kier molecular flexibility index (Phi) is 6.10. The largest absolute Gasteiger partial charge is 0.469 e. The molecular formula is C11H21NO2S. The van der Waals surface area contributed by atoms with Gasteiger partial charge < -0.3 is 10.1 Å². The molecule has 2 unspecified atom stereocenters. The monoisotopic (exact) mass is 231 g/mol. The lowest BCUT2D eigenvalue weighted by molar-refractivity contribution is -0.140. The number of hydrogen-bond donors (Lipinski definition) is 1. The Hall–Kier alpha value is -0.220. The first kappa shape index (κ1) is 12.8. The highest BCUT2D eigenvalue weighted by molar-refractivity contribution is 8.00. The van der Waals surface area contributed by atoms with Gasteiger partial charge in [0.2, 0.25) is 0 Å². The smallest absolute Gasteiger partial charge is 0.306 e. The zero-order valence-corrected chi connectivity index (χ0v) is 10.4. The SMILES string of the molecule is CCNC1CCCC1SCCC(=O)OC. The van der Waals surface area contributed by atoms with Gasteiger partial charge in [0.15, 0.2) is 0 Å². The van der Waals surface area contributed by atoms with Gasteiger partial charge >= 0.3 is 5.97 Å². The Balaban J connectivity index is 2.16. The summed E-state index contributed by atoms with van der Waals surface area (Å²) in [5, 5.41) is 4.20. The quantitative estimate of drug-likeness (QED) is 0.708. The maximum atomic E-state index is 10.9. The van der Waals surface area contributed by atoms with Gasteiger partial charge in [-0.2, -0.15) is 11.8 Å². The van der Waals surface area contributed by atoms with Crippen LogP contribution < -0.4 is 5.32 Å². The highest BCUT2D eigenvalue weighted by atomic mass is 32.2. The zero-order chi connectivity index (χ0) is 11.1. The van der Waals surface area contributed by atoms with E-state index in [1.165, 1.54) is 26.4 Å². The molecule has 1 N–H and O–H groups in total. The molecule has 2 atom stereocenters. The molecule has 88 valence electrons. The predicted molar refractivity (Wildman–Crippen MR) is 64.2 cm³/mol. The van der Waals surface area contributed by atoms with Crippen LogP contribution in [0.3, 0.4) is 0 Å². The van der Waals surface area contributed by atoms with E-state index in [4.69, 9.17) is 0 Å². The molecule has 15 heavy (non-hydrogen) atoms. The highest BCUT2D eigenvalue weighted by Crippen LogP contribution is 2.30. The molecule has 0 aromatic carbocycles. The van der Waals surface area contributed by atoms with E-state index in [1.807, 2.05) is 11.8 Å². The summed E-state index contributed by atoms with van der Waals surface area (Å²) >= 11 is 1.91. The van der Waals surface area contributed by atoms with Crippen molar-refractivity contribution in [2.45, 2.75) is 43.9 Å². The fourth-order valence-electron chi connectivity index (χ4n) is 2.02. The summed E-state index contributed by atoms with van der Waals surface area (Å²) in [6, 6.07) is 0.651. The normalized spacial score (nSPS) is 25.5. The van der Waals surface area contributed by atoms with Gasteiger partial charge in [-0.3, -0.25) is 4.79 Å². The first-order valence-corrected chi connectivity index (χ1v) is 6.74. The van der Waals surface area contributed by atoms with Gasteiger partial charge in [0, 0.05) is 17.0 Å². The van der Waals surface area contributed by atoms with Gasteiger partial charge in [-0.05, 0) is 19.4 Å². The van der Waals surface area contributed by atoms with Crippen molar-refractivity contribution < 1.29 is 9.53 Å². The molecule has 1 fully saturated rings. The van der Waals surface area contributed by atoms with E-state index < -0.39 is 0 Å². The highest BCUT2D eigenvalue weighted by Gasteiger charge is 2.26. The van der Waals surface area contributed by atoms with Crippen LogP contribution in [0, 0.1) is 0 Å². The van der Waals surface area contributed by atoms with Gasteiger partial charge in [-0.1, -0.05) is 13.3 Å². The predicted octanol–water partition coefficient (Wildman–Crippen LogP) is 1.81. The number of methoxy groups -OCH3 is 1. The second-order valence-electron chi connectivity index (χ2n) is 3.83. The molecule has 0 aliphatic heterocycles. The third-order valence-corrected chi connectivity index (χ3v) is 4.22. The minimum absolute atomic E-state index is 0.0968. The molecule has 0 amide bonds. The Morgan fingerprint density at radius 1 is 1.53 bits per heavy atom. The van der Waals surface area contributed by atoms with Crippen molar-refractivity contribution in [2.75, 3.05) is 19.4 Å². The van der Waals surface area contributed by atoms with E-state index in [-0.39, 0.29) is 5.97 Å². The van der Waals surface area contributed by atoms with Crippen LogP contribution in [0.4, 0.5) is 0 Å². The molecule has 3 nitrogen and oxygen atoms in total. The van der Waals surface area contributed by atoms with Crippen molar-refractivity contribution in [1.29, 1.82) is 0 Å². The van der Waals surface area contributed by atoms with E-state index in [0.29, 0.717) is 17.7 Å². The van der Waals surface area contributed by atoms with Crippen LogP contribution in [0.15, 0.2) is 0 Å². The molecule has 0 aromatic rings. The molecule has 0 heterocycles. The molecule has 4 heteroatoms. The molecule has 0 spiro atoms. The molecular weight excluding hydrogens is 210 g/mol. The Morgan fingerprint density at radius 2 is 2.33 bits per heavy atom. The zero-order valence-electron chi connectivity index (χ0n) is 9.62. The minimum Gasteiger partial charge on any atom is -0.469 e. The van der Waals surface area contributed by atoms with Crippen LogP contribution in [0.1, 0.15) is 32.6 Å². The number of hydrogen-bond acceptors (Lipinski definition) is 4. The molecule has 1 aliphatic rings. The summed E-state index contributed by atoms with van der Waals surface area (Å²) in [6.45, 7) is 3.19. The Morgan fingerprint density at radius 3 is 3.00 bits per heavy atom. The van der Waals surface area contributed by atoms with Crippen LogP contribution in [0.25, 0.3) is 0 Å². The van der Waals surface area contributed by atoms with Crippen LogP contribution in [0.5, 0.6) is 0 Å². The van der Waals surface area contributed by atoms with Gasteiger partial charge in [0.05, 0.1) is 13.5 Å². The summed E-state index contributed by atoms with van der Waals surface area (Å²) < 4.78 is 4.62. The maximum Gasteiger partial charge on any atom is 0.306 e. The van der Waals surface area contributed by atoms with E-state index in [0.717, 1.165) is 12.3 Å². The molecule has 0 aromatic heterocycles. The third kappa shape index (κ3) is 4.43. The van der Waals surface area contributed by atoms with Gasteiger partial charge in [0.25, 0.3) is 0 Å². The van der Waals surface area contributed by atoms with E-state index in [2.05, 4.69) is 17.0 Å². The summed E-state index contributed by atoms with van der Waals surface area (Å²) in [5.41, 5.74) is 0.